The van der Waals surface area contributed by atoms with Gasteiger partial charge in [0.1, 0.15) is 6.54 Å². The summed E-state index contributed by atoms with van der Waals surface area (Å²) in [7, 11) is -4.01. The lowest BCUT2D eigenvalue weighted by atomic mass is 10.2. The summed E-state index contributed by atoms with van der Waals surface area (Å²) in [5, 5.41) is 4.33. The Morgan fingerprint density at radius 3 is 2.52 bits per heavy atom. The van der Waals surface area contributed by atoms with Crippen molar-refractivity contribution < 1.29 is 13.2 Å². The lowest BCUT2D eigenvalue weighted by Crippen LogP contribution is -2.40. The van der Waals surface area contributed by atoms with Crippen LogP contribution in [0.5, 0.6) is 0 Å². The van der Waals surface area contributed by atoms with Gasteiger partial charge in [-0.2, -0.15) is 5.10 Å². The van der Waals surface area contributed by atoms with Crippen molar-refractivity contribution in [3.8, 4) is 0 Å². The molecule has 0 aliphatic carbocycles. The molecule has 3 rings (SSSR count). The maximum absolute atomic E-state index is 13.4. The van der Waals surface area contributed by atoms with E-state index >= 15 is 0 Å². The van der Waals surface area contributed by atoms with Gasteiger partial charge in [0, 0.05) is 11.2 Å². The highest BCUT2D eigenvalue weighted by atomic mass is 35.5. The van der Waals surface area contributed by atoms with Gasteiger partial charge in [0.05, 0.1) is 22.5 Å². The maximum atomic E-state index is 13.4. The standard InChI is InChI=1S/C22H21ClN4O3S/c1-16-6-9-20(10-7-16)31(29,30)27(21-11-8-18(23)13-17(21)2)15-22(28)26-25-14-19-5-3-4-12-24-19/h3-14H,15H2,1-2H3,(H,26,28)/b25-14-. The van der Waals surface area contributed by atoms with Crippen molar-refractivity contribution >= 4 is 39.4 Å². The molecule has 1 aromatic heterocycles. The average Bonchev–Trinajstić information content (AvgIpc) is 2.73. The number of aromatic nitrogens is 1. The number of nitrogens with one attached hydrogen (secondary N) is 1. The number of halogens is 1. The number of hydrogen-bond donors (Lipinski definition) is 1. The minimum absolute atomic E-state index is 0.0808. The summed E-state index contributed by atoms with van der Waals surface area (Å²) in [5.41, 5.74) is 4.81. The molecule has 0 unspecified atom stereocenters. The van der Waals surface area contributed by atoms with Gasteiger partial charge in [-0.3, -0.25) is 14.1 Å². The number of hydrazone groups is 1. The SMILES string of the molecule is Cc1ccc(S(=O)(=O)N(CC(=O)N/N=C\c2ccccn2)c2ccc(Cl)cc2C)cc1. The third-order valence-electron chi connectivity index (χ3n) is 4.40. The van der Waals surface area contributed by atoms with Gasteiger partial charge in [-0.1, -0.05) is 35.4 Å². The first-order valence-electron chi connectivity index (χ1n) is 9.36. The fourth-order valence-corrected chi connectivity index (χ4v) is 4.54. The Kier molecular flexibility index (Phi) is 7.04. The number of aryl methyl sites for hydroxylation is 2. The smallest absolute Gasteiger partial charge is 0.264 e. The van der Waals surface area contributed by atoms with Crippen molar-refractivity contribution in [2.75, 3.05) is 10.8 Å². The van der Waals surface area contributed by atoms with Crippen molar-refractivity contribution in [2.45, 2.75) is 18.7 Å². The Labute approximate surface area is 186 Å². The van der Waals surface area contributed by atoms with E-state index in [1.165, 1.54) is 18.3 Å². The number of amides is 1. The average molecular weight is 457 g/mol. The first-order valence-corrected chi connectivity index (χ1v) is 11.2. The minimum Gasteiger partial charge on any atom is -0.271 e. The predicted molar refractivity (Wildman–Crippen MR) is 122 cm³/mol. The highest BCUT2D eigenvalue weighted by molar-refractivity contribution is 7.92. The molecule has 0 fully saturated rings. The Morgan fingerprint density at radius 2 is 1.87 bits per heavy atom. The summed E-state index contributed by atoms with van der Waals surface area (Å²) in [6, 6.07) is 16.5. The Balaban J connectivity index is 1.89. The van der Waals surface area contributed by atoms with E-state index in [-0.39, 0.29) is 4.90 Å². The van der Waals surface area contributed by atoms with Crippen LogP contribution < -0.4 is 9.73 Å². The molecule has 0 aliphatic heterocycles. The van der Waals surface area contributed by atoms with E-state index in [1.807, 2.05) is 6.92 Å². The summed E-state index contributed by atoms with van der Waals surface area (Å²) in [5.74, 6) is -0.600. The van der Waals surface area contributed by atoms with E-state index in [0.29, 0.717) is 22.0 Å². The molecule has 3 aromatic rings. The van der Waals surface area contributed by atoms with Crippen LogP contribution in [0.1, 0.15) is 16.8 Å². The normalized spacial score (nSPS) is 11.5. The lowest BCUT2D eigenvalue weighted by molar-refractivity contribution is -0.119. The van der Waals surface area contributed by atoms with Gasteiger partial charge in [0.2, 0.25) is 0 Å². The molecule has 0 saturated heterocycles. The quantitative estimate of drug-likeness (QED) is 0.433. The number of anilines is 1. The van der Waals surface area contributed by atoms with Gasteiger partial charge in [0.25, 0.3) is 15.9 Å². The summed E-state index contributed by atoms with van der Waals surface area (Å²) in [6.45, 7) is 3.14. The number of benzene rings is 2. The van der Waals surface area contributed by atoms with Gasteiger partial charge in [0.15, 0.2) is 0 Å². The van der Waals surface area contributed by atoms with E-state index in [2.05, 4.69) is 15.5 Å². The van der Waals surface area contributed by atoms with Gasteiger partial charge < -0.3 is 0 Å². The van der Waals surface area contributed by atoms with Crippen molar-refractivity contribution in [3.05, 3.63) is 88.7 Å². The molecule has 0 aliphatic rings. The number of hydrogen-bond acceptors (Lipinski definition) is 5. The van der Waals surface area contributed by atoms with E-state index in [4.69, 9.17) is 11.6 Å². The topological polar surface area (TPSA) is 91.7 Å². The Morgan fingerprint density at radius 1 is 1.13 bits per heavy atom. The summed E-state index contributed by atoms with van der Waals surface area (Å²) in [6.07, 6.45) is 2.98. The summed E-state index contributed by atoms with van der Waals surface area (Å²) >= 11 is 6.03. The summed E-state index contributed by atoms with van der Waals surface area (Å²) < 4.78 is 27.8. The molecule has 2 aromatic carbocycles. The number of sulfonamides is 1. The molecule has 0 spiro atoms. The monoisotopic (exact) mass is 456 g/mol. The zero-order valence-corrected chi connectivity index (χ0v) is 18.6. The number of carbonyl (C=O) groups excluding carboxylic acids is 1. The second-order valence-corrected chi connectivity index (χ2v) is 9.10. The van der Waals surface area contributed by atoms with Gasteiger partial charge in [-0.05, 0) is 61.9 Å². The number of carbonyl (C=O) groups is 1. The third-order valence-corrected chi connectivity index (χ3v) is 6.41. The molecule has 0 radical (unpaired) electrons. The molecule has 0 bridgehead atoms. The molecule has 0 atom stereocenters. The maximum Gasteiger partial charge on any atom is 0.264 e. The van der Waals surface area contributed by atoms with Crippen LogP contribution in [0.4, 0.5) is 5.69 Å². The van der Waals surface area contributed by atoms with E-state index in [9.17, 15) is 13.2 Å². The number of rotatable bonds is 7. The van der Waals surface area contributed by atoms with Gasteiger partial charge >= 0.3 is 0 Å². The van der Waals surface area contributed by atoms with Gasteiger partial charge in [-0.15, -0.1) is 0 Å². The molecule has 0 saturated carbocycles. The van der Waals surface area contributed by atoms with E-state index < -0.39 is 22.5 Å². The number of nitrogens with zero attached hydrogens (tertiary/aromatic N) is 3. The second-order valence-electron chi connectivity index (χ2n) is 6.80. The third kappa shape index (κ3) is 5.68. The second kappa shape index (κ2) is 9.72. The molecule has 1 amide bonds. The highest BCUT2D eigenvalue weighted by Gasteiger charge is 2.28. The molecular formula is C22H21ClN4O3S. The van der Waals surface area contributed by atoms with Gasteiger partial charge in [-0.25, -0.2) is 13.8 Å². The van der Waals surface area contributed by atoms with Crippen LogP contribution >= 0.6 is 11.6 Å². The molecular weight excluding hydrogens is 436 g/mol. The van der Waals surface area contributed by atoms with E-state index in [0.717, 1.165) is 9.87 Å². The van der Waals surface area contributed by atoms with Crippen LogP contribution in [-0.2, 0) is 14.8 Å². The molecule has 7 nitrogen and oxygen atoms in total. The zero-order valence-electron chi connectivity index (χ0n) is 17.0. The minimum atomic E-state index is -4.01. The highest BCUT2D eigenvalue weighted by Crippen LogP contribution is 2.28. The molecule has 160 valence electrons. The first-order chi connectivity index (χ1) is 14.8. The Bertz CT molecular complexity index is 1200. The molecule has 1 heterocycles. The largest absolute Gasteiger partial charge is 0.271 e. The molecule has 9 heteroatoms. The fourth-order valence-electron chi connectivity index (χ4n) is 2.82. The van der Waals surface area contributed by atoms with Crippen LogP contribution in [-0.4, -0.2) is 32.1 Å². The van der Waals surface area contributed by atoms with Crippen LogP contribution in [0.2, 0.25) is 5.02 Å². The Hall–Kier alpha value is -3.23. The van der Waals surface area contributed by atoms with Crippen molar-refractivity contribution in [1.29, 1.82) is 0 Å². The molecule has 31 heavy (non-hydrogen) atoms. The number of pyridine rings is 1. The lowest BCUT2D eigenvalue weighted by Gasteiger charge is -2.25. The van der Waals surface area contributed by atoms with E-state index in [1.54, 1.807) is 61.7 Å². The fraction of sp³-hybridized carbons (Fsp3) is 0.136. The van der Waals surface area contributed by atoms with Crippen LogP contribution in [0.3, 0.4) is 0 Å². The van der Waals surface area contributed by atoms with Crippen molar-refractivity contribution in [1.82, 2.24) is 10.4 Å². The first kappa shape index (κ1) is 22.5. The van der Waals surface area contributed by atoms with Crippen LogP contribution in [0.15, 0.2) is 76.9 Å². The van der Waals surface area contributed by atoms with Crippen molar-refractivity contribution in [3.63, 3.8) is 0 Å². The van der Waals surface area contributed by atoms with Crippen LogP contribution in [0, 0.1) is 13.8 Å². The van der Waals surface area contributed by atoms with Crippen LogP contribution in [0.25, 0.3) is 0 Å². The predicted octanol–water partition coefficient (Wildman–Crippen LogP) is 3.70. The zero-order chi connectivity index (χ0) is 22.4. The molecule has 1 N–H and O–H groups in total. The van der Waals surface area contributed by atoms with Crippen molar-refractivity contribution in [2.24, 2.45) is 5.10 Å². The summed E-state index contributed by atoms with van der Waals surface area (Å²) in [4.78, 5) is 16.7.